The molecule has 0 unspecified atom stereocenters. The quantitative estimate of drug-likeness (QED) is 0.900. The highest BCUT2D eigenvalue weighted by molar-refractivity contribution is 9.10. The van der Waals surface area contributed by atoms with Crippen LogP contribution in [-0.4, -0.2) is 7.05 Å². The molecule has 1 N–H and O–H groups in total. The number of ether oxygens (including phenoxy) is 1. The average Bonchev–Trinajstić information content (AvgIpc) is 2.79. The summed E-state index contributed by atoms with van der Waals surface area (Å²) < 4.78 is 12.1. The van der Waals surface area contributed by atoms with Gasteiger partial charge in [-0.2, -0.15) is 0 Å². The zero-order chi connectivity index (χ0) is 13.0. The summed E-state index contributed by atoms with van der Waals surface area (Å²) in [7, 11) is 1.87. The minimum absolute atomic E-state index is 0.361. The molecule has 18 heavy (non-hydrogen) atoms. The maximum absolute atomic E-state index is 6.03. The van der Waals surface area contributed by atoms with Crippen molar-refractivity contribution >= 4 is 27.5 Å². The van der Waals surface area contributed by atoms with Gasteiger partial charge < -0.3 is 14.5 Å². The summed E-state index contributed by atoms with van der Waals surface area (Å²) in [6.07, 6.45) is 0. The van der Waals surface area contributed by atoms with E-state index >= 15 is 0 Å². The number of rotatable bonds is 5. The Balaban J connectivity index is 1.99. The Bertz CT molecular complexity index is 527. The summed E-state index contributed by atoms with van der Waals surface area (Å²) >= 11 is 9.41. The van der Waals surface area contributed by atoms with Crippen LogP contribution in [-0.2, 0) is 13.2 Å². The molecule has 3 nitrogen and oxygen atoms in total. The van der Waals surface area contributed by atoms with Crippen LogP contribution in [0.3, 0.4) is 0 Å². The van der Waals surface area contributed by atoms with Crippen LogP contribution >= 0.6 is 27.5 Å². The molecule has 1 aromatic carbocycles. The van der Waals surface area contributed by atoms with Gasteiger partial charge in [0.2, 0.25) is 0 Å². The van der Waals surface area contributed by atoms with E-state index in [0.717, 1.165) is 16.0 Å². The van der Waals surface area contributed by atoms with Gasteiger partial charge in [-0.1, -0.05) is 27.5 Å². The molecule has 0 aliphatic rings. The van der Waals surface area contributed by atoms with E-state index in [1.165, 1.54) is 0 Å². The zero-order valence-corrected chi connectivity index (χ0v) is 12.2. The molecular formula is C13H13BrClNO2. The molecule has 0 aliphatic carbocycles. The highest BCUT2D eigenvalue weighted by atomic mass is 79.9. The van der Waals surface area contributed by atoms with Crippen molar-refractivity contribution < 1.29 is 9.15 Å². The first-order chi connectivity index (χ1) is 8.69. The van der Waals surface area contributed by atoms with Crippen molar-refractivity contribution in [1.29, 1.82) is 0 Å². The standard InChI is InChI=1S/C13H13BrClNO2/c1-16-7-10-3-4-11(18-10)8-17-13-6-9(14)2-5-12(13)15/h2-6,16H,7-8H2,1H3. The number of benzene rings is 1. The number of nitrogens with one attached hydrogen (secondary N) is 1. The van der Waals surface area contributed by atoms with Crippen LogP contribution in [0.2, 0.25) is 5.02 Å². The highest BCUT2D eigenvalue weighted by Gasteiger charge is 2.05. The Kier molecular flexibility index (Phi) is 4.69. The summed E-state index contributed by atoms with van der Waals surface area (Å²) in [6, 6.07) is 9.32. The molecule has 0 bridgehead atoms. The number of hydrogen-bond donors (Lipinski definition) is 1. The second kappa shape index (κ2) is 6.27. The van der Waals surface area contributed by atoms with Crippen LogP contribution in [0.5, 0.6) is 5.75 Å². The van der Waals surface area contributed by atoms with E-state index < -0.39 is 0 Å². The van der Waals surface area contributed by atoms with E-state index in [1.54, 1.807) is 6.07 Å². The summed E-state index contributed by atoms with van der Waals surface area (Å²) in [5, 5.41) is 3.61. The third-order valence-electron chi connectivity index (χ3n) is 2.33. The average molecular weight is 331 g/mol. The lowest BCUT2D eigenvalue weighted by atomic mass is 10.3. The minimum Gasteiger partial charge on any atom is -0.484 e. The van der Waals surface area contributed by atoms with E-state index in [1.807, 2.05) is 31.3 Å². The lowest BCUT2D eigenvalue weighted by Gasteiger charge is -2.06. The normalized spacial score (nSPS) is 10.6. The van der Waals surface area contributed by atoms with Gasteiger partial charge in [0.15, 0.2) is 0 Å². The summed E-state index contributed by atoms with van der Waals surface area (Å²) in [5.41, 5.74) is 0. The van der Waals surface area contributed by atoms with Gasteiger partial charge in [-0.25, -0.2) is 0 Å². The maximum Gasteiger partial charge on any atom is 0.146 e. The molecule has 1 heterocycles. The predicted molar refractivity (Wildman–Crippen MR) is 75.0 cm³/mol. The van der Waals surface area contributed by atoms with Crippen LogP contribution in [0.25, 0.3) is 0 Å². The molecule has 0 spiro atoms. The van der Waals surface area contributed by atoms with Crippen molar-refractivity contribution in [2.75, 3.05) is 7.05 Å². The molecule has 0 aliphatic heterocycles. The molecule has 96 valence electrons. The van der Waals surface area contributed by atoms with Gasteiger partial charge in [-0.05, 0) is 37.4 Å². The summed E-state index contributed by atoms with van der Waals surface area (Å²) in [6.45, 7) is 1.07. The van der Waals surface area contributed by atoms with Crippen LogP contribution in [0.4, 0.5) is 0 Å². The van der Waals surface area contributed by atoms with Gasteiger partial charge in [-0.15, -0.1) is 0 Å². The lowest BCUT2D eigenvalue weighted by molar-refractivity contribution is 0.265. The van der Waals surface area contributed by atoms with E-state index in [-0.39, 0.29) is 0 Å². The van der Waals surface area contributed by atoms with Gasteiger partial charge >= 0.3 is 0 Å². The molecule has 0 amide bonds. The highest BCUT2D eigenvalue weighted by Crippen LogP contribution is 2.28. The first-order valence-corrected chi connectivity index (χ1v) is 6.66. The second-order valence-corrected chi connectivity index (χ2v) is 5.08. The fourth-order valence-electron chi connectivity index (χ4n) is 1.51. The minimum atomic E-state index is 0.361. The van der Waals surface area contributed by atoms with E-state index in [2.05, 4.69) is 21.2 Å². The molecule has 1 aromatic heterocycles. The van der Waals surface area contributed by atoms with Crippen molar-refractivity contribution in [3.05, 3.63) is 51.3 Å². The van der Waals surface area contributed by atoms with Crippen molar-refractivity contribution in [1.82, 2.24) is 5.32 Å². The van der Waals surface area contributed by atoms with Crippen molar-refractivity contribution in [2.45, 2.75) is 13.2 Å². The van der Waals surface area contributed by atoms with Crippen molar-refractivity contribution in [3.8, 4) is 5.75 Å². The van der Waals surface area contributed by atoms with Crippen molar-refractivity contribution in [2.24, 2.45) is 0 Å². The fourth-order valence-corrected chi connectivity index (χ4v) is 2.02. The zero-order valence-electron chi connectivity index (χ0n) is 9.87. The topological polar surface area (TPSA) is 34.4 Å². The van der Waals surface area contributed by atoms with E-state index in [0.29, 0.717) is 23.9 Å². The molecule has 2 aromatic rings. The van der Waals surface area contributed by atoms with Crippen LogP contribution in [0.15, 0.2) is 39.2 Å². The fraction of sp³-hybridized carbons (Fsp3) is 0.231. The maximum atomic E-state index is 6.03. The number of halogens is 2. The van der Waals surface area contributed by atoms with Gasteiger partial charge in [-0.3, -0.25) is 0 Å². The predicted octanol–water partition coefficient (Wildman–Crippen LogP) is 3.99. The summed E-state index contributed by atoms with van der Waals surface area (Å²) in [5.74, 6) is 2.30. The van der Waals surface area contributed by atoms with Crippen molar-refractivity contribution in [3.63, 3.8) is 0 Å². The Morgan fingerprint density at radius 1 is 1.28 bits per heavy atom. The van der Waals surface area contributed by atoms with Gasteiger partial charge in [0, 0.05) is 4.47 Å². The second-order valence-electron chi connectivity index (χ2n) is 3.76. The van der Waals surface area contributed by atoms with Gasteiger partial charge in [0.25, 0.3) is 0 Å². The SMILES string of the molecule is CNCc1ccc(COc2cc(Br)ccc2Cl)o1. The Morgan fingerprint density at radius 2 is 2.06 bits per heavy atom. The Morgan fingerprint density at radius 3 is 2.83 bits per heavy atom. The Labute approximate surface area is 119 Å². The first kappa shape index (κ1) is 13.5. The molecular weight excluding hydrogens is 318 g/mol. The van der Waals surface area contributed by atoms with Gasteiger partial charge in [0.05, 0.1) is 11.6 Å². The van der Waals surface area contributed by atoms with Crippen LogP contribution in [0, 0.1) is 0 Å². The van der Waals surface area contributed by atoms with Gasteiger partial charge in [0.1, 0.15) is 23.9 Å². The summed E-state index contributed by atoms with van der Waals surface area (Å²) in [4.78, 5) is 0. The number of hydrogen-bond acceptors (Lipinski definition) is 3. The van der Waals surface area contributed by atoms with Crippen LogP contribution < -0.4 is 10.1 Å². The number of furan rings is 1. The molecule has 0 fully saturated rings. The molecule has 0 saturated heterocycles. The van der Waals surface area contributed by atoms with E-state index in [9.17, 15) is 0 Å². The molecule has 0 atom stereocenters. The first-order valence-electron chi connectivity index (χ1n) is 5.49. The molecule has 0 radical (unpaired) electrons. The molecule has 5 heteroatoms. The van der Waals surface area contributed by atoms with E-state index in [4.69, 9.17) is 20.8 Å². The largest absolute Gasteiger partial charge is 0.484 e. The van der Waals surface area contributed by atoms with Crippen LogP contribution in [0.1, 0.15) is 11.5 Å². The molecule has 0 saturated carbocycles. The monoisotopic (exact) mass is 329 g/mol. The smallest absolute Gasteiger partial charge is 0.146 e. The lowest BCUT2D eigenvalue weighted by Crippen LogP contribution is -2.03. The Hall–Kier alpha value is -0.970. The molecule has 2 rings (SSSR count). The third-order valence-corrected chi connectivity index (χ3v) is 3.14. The third kappa shape index (κ3) is 3.51.